The highest BCUT2D eigenvalue weighted by molar-refractivity contribution is 5.52. The largest absolute Gasteiger partial charge is 0.490 e. The highest BCUT2D eigenvalue weighted by Crippen LogP contribution is 2.35. The van der Waals surface area contributed by atoms with E-state index in [4.69, 9.17) is 14.2 Å². The van der Waals surface area contributed by atoms with Crippen molar-refractivity contribution in [2.75, 3.05) is 11.9 Å². The molecule has 0 unspecified atom stereocenters. The van der Waals surface area contributed by atoms with Crippen LogP contribution >= 0.6 is 0 Å². The molecule has 0 saturated carbocycles. The quantitative estimate of drug-likeness (QED) is 0.217. The molecule has 4 aromatic rings. The van der Waals surface area contributed by atoms with Crippen LogP contribution in [0.3, 0.4) is 0 Å². The number of hydrogen-bond donors (Lipinski definition) is 1. The molecule has 0 aromatic heterocycles. The fraction of sp³-hybridized carbons (Fsp3) is 0.161. The second-order valence-corrected chi connectivity index (χ2v) is 8.08. The Balaban J connectivity index is 1.46. The van der Waals surface area contributed by atoms with E-state index in [1.165, 1.54) is 0 Å². The second kappa shape index (κ2) is 12.3. The van der Waals surface area contributed by atoms with Crippen LogP contribution in [0, 0.1) is 0 Å². The smallest absolute Gasteiger partial charge is 0.165 e. The third kappa shape index (κ3) is 6.90. The van der Waals surface area contributed by atoms with Gasteiger partial charge < -0.3 is 19.5 Å². The Labute approximate surface area is 207 Å². The summed E-state index contributed by atoms with van der Waals surface area (Å²) in [5.74, 6) is 3.16. The van der Waals surface area contributed by atoms with E-state index in [-0.39, 0.29) is 0 Å². The van der Waals surface area contributed by atoms with Gasteiger partial charge in [-0.3, -0.25) is 0 Å². The molecule has 0 heterocycles. The SMILES string of the molecule is C=CCc1cc(CNc2ccc(Oc3ccccc3)cc2)cc(OCC)c1OCc1ccccc1. The summed E-state index contributed by atoms with van der Waals surface area (Å²) in [5.41, 5.74) is 4.30. The average molecular weight is 466 g/mol. The molecule has 0 aliphatic heterocycles. The van der Waals surface area contributed by atoms with Gasteiger partial charge in [0, 0.05) is 17.8 Å². The molecule has 4 nitrogen and oxygen atoms in total. The van der Waals surface area contributed by atoms with Gasteiger partial charge in [-0.05, 0) is 73.0 Å². The van der Waals surface area contributed by atoms with E-state index in [2.05, 4.69) is 36.2 Å². The number of allylic oxidation sites excluding steroid dienone is 1. The van der Waals surface area contributed by atoms with Crippen molar-refractivity contribution in [3.05, 3.63) is 126 Å². The first-order valence-corrected chi connectivity index (χ1v) is 11.9. The number of rotatable bonds is 12. The minimum absolute atomic E-state index is 0.486. The van der Waals surface area contributed by atoms with Gasteiger partial charge in [0.05, 0.1) is 6.61 Å². The van der Waals surface area contributed by atoms with Crippen molar-refractivity contribution in [2.45, 2.75) is 26.5 Å². The first-order valence-electron chi connectivity index (χ1n) is 11.9. The zero-order valence-electron chi connectivity index (χ0n) is 20.1. The van der Waals surface area contributed by atoms with Crippen LogP contribution in [-0.4, -0.2) is 6.61 Å². The molecule has 0 bridgehead atoms. The molecule has 1 N–H and O–H groups in total. The van der Waals surface area contributed by atoms with E-state index < -0.39 is 0 Å². The van der Waals surface area contributed by atoms with Gasteiger partial charge in [0.2, 0.25) is 0 Å². The minimum atomic E-state index is 0.486. The Morgan fingerprint density at radius 1 is 0.771 bits per heavy atom. The molecule has 4 heteroatoms. The number of hydrogen-bond acceptors (Lipinski definition) is 4. The summed E-state index contributed by atoms with van der Waals surface area (Å²) >= 11 is 0. The molecular formula is C31H31NO3. The predicted molar refractivity (Wildman–Crippen MR) is 143 cm³/mol. The molecule has 0 atom stereocenters. The van der Waals surface area contributed by atoms with Crippen LogP contribution in [0.1, 0.15) is 23.6 Å². The monoisotopic (exact) mass is 465 g/mol. The van der Waals surface area contributed by atoms with Crippen molar-refractivity contribution >= 4 is 5.69 Å². The predicted octanol–water partition coefficient (Wildman–Crippen LogP) is 7.80. The molecular weight excluding hydrogens is 434 g/mol. The molecule has 0 saturated heterocycles. The normalized spacial score (nSPS) is 10.4. The number of nitrogens with one attached hydrogen (secondary N) is 1. The van der Waals surface area contributed by atoms with Crippen molar-refractivity contribution in [3.63, 3.8) is 0 Å². The van der Waals surface area contributed by atoms with Gasteiger partial charge in [-0.25, -0.2) is 0 Å². The maximum Gasteiger partial charge on any atom is 0.165 e. The summed E-state index contributed by atoms with van der Waals surface area (Å²) in [6.45, 7) is 7.62. The van der Waals surface area contributed by atoms with E-state index in [9.17, 15) is 0 Å². The lowest BCUT2D eigenvalue weighted by atomic mass is 10.0. The van der Waals surface area contributed by atoms with E-state index in [0.29, 0.717) is 26.2 Å². The van der Waals surface area contributed by atoms with Crippen molar-refractivity contribution in [3.8, 4) is 23.0 Å². The van der Waals surface area contributed by atoms with Crippen LogP contribution in [0.25, 0.3) is 0 Å². The summed E-state index contributed by atoms with van der Waals surface area (Å²) in [7, 11) is 0. The van der Waals surface area contributed by atoms with E-state index >= 15 is 0 Å². The Morgan fingerprint density at radius 3 is 2.14 bits per heavy atom. The molecule has 0 aliphatic rings. The second-order valence-electron chi connectivity index (χ2n) is 8.08. The van der Waals surface area contributed by atoms with Crippen LogP contribution in [0.15, 0.2) is 110 Å². The van der Waals surface area contributed by atoms with Gasteiger partial charge >= 0.3 is 0 Å². The standard InChI is InChI=1S/C31H31NO3/c1-3-11-26-20-25(21-30(33-4-2)31(26)34-23-24-12-7-5-8-13-24)22-32-27-16-18-29(19-17-27)35-28-14-9-6-10-15-28/h3,5-10,12-21,32H,1,4,11,22-23H2,2H3. The Kier molecular flexibility index (Phi) is 8.44. The van der Waals surface area contributed by atoms with Crippen LogP contribution in [0.4, 0.5) is 5.69 Å². The lowest BCUT2D eigenvalue weighted by molar-refractivity contribution is 0.267. The molecule has 0 aliphatic carbocycles. The third-order valence-corrected chi connectivity index (χ3v) is 5.41. The highest BCUT2D eigenvalue weighted by atomic mass is 16.5. The average Bonchev–Trinajstić information content (AvgIpc) is 2.89. The number of benzene rings is 4. The van der Waals surface area contributed by atoms with Crippen molar-refractivity contribution < 1.29 is 14.2 Å². The molecule has 0 radical (unpaired) electrons. The summed E-state index contributed by atoms with van der Waals surface area (Å²) < 4.78 is 18.1. The summed E-state index contributed by atoms with van der Waals surface area (Å²) in [5, 5.41) is 3.49. The van der Waals surface area contributed by atoms with Gasteiger partial charge in [0.1, 0.15) is 18.1 Å². The maximum absolute atomic E-state index is 6.23. The Morgan fingerprint density at radius 2 is 1.46 bits per heavy atom. The maximum atomic E-state index is 6.23. The molecule has 4 rings (SSSR count). The van der Waals surface area contributed by atoms with Crippen LogP contribution in [0.2, 0.25) is 0 Å². The molecule has 0 fully saturated rings. The van der Waals surface area contributed by atoms with Crippen LogP contribution < -0.4 is 19.5 Å². The minimum Gasteiger partial charge on any atom is -0.490 e. The van der Waals surface area contributed by atoms with Crippen molar-refractivity contribution in [1.29, 1.82) is 0 Å². The summed E-state index contributed by atoms with van der Waals surface area (Å²) in [6.07, 6.45) is 2.59. The number of anilines is 1. The molecule has 0 spiro atoms. The summed E-state index contributed by atoms with van der Waals surface area (Å²) in [6, 6.07) is 32.1. The molecule has 35 heavy (non-hydrogen) atoms. The third-order valence-electron chi connectivity index (χ3n) is 5.41. The topological polar surface area (TPSA) is 39.7 Å². The van der Waals surface area contributed by atoms with Gasteiger partial charge in [-0.15, -0.1) is 6.58 Å². The highest BCUT2D eigenvalue weighted by Gasteiger charge is 2.14. The molecule has 4 aromatic carbocycles. The molecule has 0 amide bonds. The van der Waals surface area contributed by atoms with Crippen LogP contribution in [-0.2, 0) is 19.6 Å². The lowest BCUT2D eigenvalue weighted by Gasteiger charge is -2.18. The molecule has 178 valence electrons. The first-order chi connectivity index (χ1) is 17.2. The number of ether oxygens (including phenoxy) is 3. The van der Waals surface area contributed by atoms with Crippen molar-refractivity contribution in [2.24, 2.45) is 0 Å². The Hall–Kier alpha value is -4.18. The zero-order valence-corrected chi connectivity index (χ0v) is 20.1. The van der Waals surface area contributed by atoms with Gasteiger partial charge in [-0.1, -0.05) is 54.6 Å². The Bertz CT molecular complexity index is 1210. The fourth-order valence-corrected chi connectivity index (χ4v) is 3.76. The van der Waals surface area contributed by atoms with E-state index in [0.717, 1.165) is 45.4 Å². The van der Waals surface area contributed by atoms with Crippen LogP contribution in [0.5, 0.6) is 23.0 Å². The van der Waals surface area contributed by atoms with Gasteiger partial charge in [0.15, 0.2) is 11.5 Å². The number of para-hydroxylation sites is 1. The zero-order chi connectivity index (χ0) is 24.3. The first kappa shape index (κ1) is 24.0. The van der Waals surface area contributed by atoms with Gasteiger partial charge in [0.25, 0.3) is 0 Å². The fourth-order valence-electron chi connectivity index (χ4n) is 3.76. The van der Waals surface area contributed by atoms with Gasteiger partial charge in [-0.2, -0.15) is 0 Å². The lowest BCUT2D eigenvalue weighted by Crippen LogP contribution is -2.06. The van der Waals surface area contributed by atoms with E-state index in [1.807, 2.05) is 85.8 Å². The van der Waals surface area contributed by atoms with E-state index in [1.54, 1.807) is 0 Å². The van der Waals surface area contributed by atoms with Crippen molar-refractivity contribution in [1.82, 2.24) is 0 Å². The summed E-state index contributed by atoms with van der Waals surface area (Å²) in [4.78, 5) is 0.